The normalized spacial score (nSPS) is 17.4. The molecule has 0 radical (unpaired) electrons. The predicted molar refractivity (Wildman–Crippen MR) is 110 cm³/mol. The first kappa shape index (κ1) is 18.8. The Hall–Kier alpha value is -2.59. The molecule has 1 N–H and O–H groups in total. The molecule has 1 saturated heterocycles. The third-order valence-electron chi connectivity index (χ3n) is 5.39. The molecule has 0 aliphatic carbocycles. The number of rotatable bonds is 3. The minimum absolute atomic E-state index is 0.00854. The van der Waals surface area contributed by atoms with E-state index in [1.54, 1.807) is 18.3 Å². The molecule has 4 rings (SSSR count). The summed E-state index contributed by atoms with van der Waals surface area (Å²) in [7, 11) is 0. The van der Waals surface area contributed by atoms with Crippen LogP contribution >= 0.6 is 11.6 Å². The standard InChI is InChI=1S/C23H22ClFN2O/c24-20-8-4-16(5-9-20)18-3-1-2-12-27(15-18)23(28)22-13-19(14-26-22)17-6-10-21(25)11-7-17/h4-11,13-14,18,26H,1-3,12,15H2. The molecule has 3 nitrogen and oxygen atoms in total. The Morgan fingerprint density at radius 2 is 1.79 bits per heavy atom. The number of hydrogen-bond donors (Lipinski definition) is 1. The lowest BCUT2D eigenvalue weighted by Gasteiger charge is -2.24. The largest absolute Gasteiger partial charge is 0.357 e. The number of H-pyrrole nitrogens is 1. The fraction of sp³-hybridized carbons (Fsp3) is 0.261. The van der Waals surface area contributed by atoms with Crippen molar-refractivity contribution < 1.29 is 9.18 Å². The van der Waals surface area contributed by atoms with E-state index in [2.05, 4.69) is 17.1 Å². The molecule has 2 aromatic carbocycles. The van der Waals surface area contributed by atoms with Crippen LogP contribution in [0.15, 0.2) is 60.8 Å². The molecule has 0 spiro atoms. The van der Waals surface area contributed by atoms with Gasteiger partial charge in [0, 0.05) is 30.2 Å². The van der Waals surface area contributed by atoms with Gasteiger partial charge in [-0.3, -0.25) is 4.79 Å². The van der Waals surface area contributed by atoms with Crippen LogP contribution in [-0.4, -0.2) is 28.9 Å². The Morgan fingerprint density at radius 3 is 2.54 bits per heavy atom. The molecule has 3 aromatic rings. The molecule has 1 fully saturated rings. The summed E-state index contributed by atoms with van der Waals surface area (Å²) in [5.41, 5.74) is 3.55. The number of aromatic amines is 1. The number of halogens is 2. The number of carbonyl (C=O) groups is 1. The molecule has 1 atom stereocenters. The van der Waals surface area contributed by atoms with E-state index in [9.17, 15) is 9.18 Å². The summed E-state index contributed by atoms with van der Waals surface area (Å²) in [5.74, 6) is 0.0536. The highest BCUT2D eigenvalue weighted by molar-refractivity contribution is 6.30. The first-order valence-corrected chi connectivity index (χ1v) is 9.97. The van der Waals surface area contributed by atoms with E-state index in [4.69, 9.17) is 11.6 Å². The molecule has 0 bridgehead atoms. The van der Waals surface area contributed by atoms with Crippen molar-refractivity contribution in [2.45, 2.75) is 25.2 Å². The maximum atomic E-state index is 13.1. The predicted octanol–water partition coefficient (Wildman–Crippen LogP) is 5.88. The number of benzene rings is 2. The first-order valence-electron chi connectivity index (χ1n) is 9.59. The Kier molecular flexibility index (Phi) is 5.49. The van der Waals surface area contributed by atoms with Crippen molar-refractivity contribution in [2.24, 2.45) is 0 Å². The Bertz CT molecular complexity index is 949. The highest BCUT2D eigenvalue weighted by Gasteiger charge is 2.25. The summed E-state index contributed by atoms with van der Waals surface area (Å²) in [4.78, 5) is 18.1. The van der Waals surface area contributed by atoms with Crippen LogP contribution in [0.2, 0.25) is 5.02 Å². The lowest BCUT2D eigenvalue weighted by Crippen LogP contribution is -2.34. The van der Waals surface area contributed by atoms with Crippen molar-refractivity contribution in [3.05, 3.63) is 82.9 Å². The second-order valence-corrected chi connectivity index (χ2v) is 7.74. The van der Waals surface area contributed by atoms with Crippen LogP contribution in [0, 0.1) is 5.82 Å². The number of amides is 1. The number of likely N-dealkylation sites (tertiary alicyclic amines) is 1. The van der Waals surface area contributed by atoms with Crippen molar-refractivity contribution in [2.75, 3.05) is 13.1 Å². The van der Waals surface area contributed by atoms with Crippen LogP contribution < -0.4 is 0 Å². The van der Waals surface area contributed by atoms with Gasteiger partial charge < -0.3 is 9.88 Å². The lowest BCUT2D eigenvalue weighted by atomic mass is 9.94. The van der Waals surface area contributed by atoms with Gasteiger partial charge in [-0.1, -0.05) is 42.3 Å². The van der Waals surface area contributed by atoms with Crippen molar-refractivity contribution >= 4 is 17.5 Å². The van der Waals surface area contributed by atoms with Gasteiger partial charge in [0.15, 0.2) is 0 Å². The van der Waals surface area contributed by atoms with Crippen LogP contribution in [0.4, 0.5) is 4.39 Å². The van der Waals surface area contributed by atoms with E-state index < -0.39 is 0 Å². The Balaban J connectivity index is 1.52. The van der Waals surface area contributed by atoms with Crippen LogP contribution in [0.25, 0.3) is 11.1 Å². The highest BCUT2D eigenvalue weighted by Crippen LogP contribution is 2.29. The van der Waals surface area contributed by atoms with E-state index in [0.717, 1.165) is 42.0 Å². The smallest absolute Gasteiger partial charge is 0.270 e. The zero-order chi connectivity index (χ0) is 19.5. The van der Waals surface area contributed by atoms with Gasteiger partial charge in [-0.15, -0.1) is 0 Å². The summed E-state index contributed by atoms with van der Waals surface area (Å²) in [5, 5.41) is 0.727. The Labute approximate surface area is 169 Å². The zero-order valence-electron chi connectivity index (χ0n) is 15.5. The van der Waals surface area contributed by atoms with Crippen LogP contribution in [0.5, 0.6) is 0 Å². The van der Waals surface area contributed by atoms with Gasteiger partial charge in [0.2, 0.25) is 0 Å². The highest BCUT2D eigenvalue weighted by atomic mass is 35.5. The van der Waals surface area contributed by atoms with Crippen molar-refractivity contribution in [1.29, 1.82) is 0 Å². The fourth-order valence-corrected chi connectivity index (χ4v) is 3.96. The average molecular weight is 397 g/mol. The van der Waals surface area contributed by atoms with E-state index in [1.807, 2.05) is 23.1 Å². The molecule has 144 valence electrons. The average Bonchev–Trinajstić information content (AvgIpc) is 3.07. The third-order valence-corrected chi connectivity index (χ3v) is 5.64. The monoisotopic (exact) mass is 396 g/mol. The number of aromatic nitrogens is 1. The summed E-state index contributed by atoms with van der Waals surface area (Å²) in [6.45, 7) is 1.46. The molecular weight excluding hydrogens is 375 g/mol. The topological polar surface area (TPSA) is 36.1 Å². The van der Waals surface area contributed by atoms with Gasteiger partial charge in [-0.2, -0.15) is 0 Å². The summed E-state index contributed by atoms with van der Waals surface area (Å²) >= 11 is 6.01. The molecule has 1 aliphatic heterocycles. The minimum Gasteiger partial charge on any atom is -0.357 e. The molecule has 0 saturated carbocycles. The lowest BCUT2D eigenvalue weighted by molar-refractivity contribution is 0.0749. The number of hydrogen-bond acceptors (Lipinski definition) is 1. The molecule has 1 aromatic heterocycles. The number of nitrogens with zero attached hydrogens (tertiary/aromatic N) is 1. The number of nitrogens with one attached hydrogen (secondary N) is 1. The fourth-order valence-electron chi connectivity index (χ4n) is 3.83. The first-order chi connectivity index (χ1) is 13.6. The summed E-state index contributed by atoms with van der Waals surface area (Å²) < 4.78 is 13.1. The van der Waals surface area contributed by atoms with Gasteiger partial charge in [0.05, 0.1) is 0 Å². The van der Waals surface area contributed by atoms with Crippen molar-refractivity contribution in [3.63, 3.8) is 0 Å². The van der Waals surface area contributed by atoms with Crippen molar-refractivity contribution in [1.82, 2.24) is 9.88 Å². The molecule has 1 amide bonds. The van der Waals surface area contributed by atoms with Crippen LogP contribution in [0.1, 0.15) is 41.2 Å². The van der Waals surface area contributed by atoms with Gasteiger partial charge in [-0.05, 0) is 59.9 Å². The van der Waals surface area contributed by atoms with Gasteiger partial charge >= 0.3 is 0 Å². The van der Waals surface area contributed by atoms with Gasteiger partial charge in [0.25, 0.3) is 5.91 Å². The molecular formula is C23H22ClFN2O. The molecule has 1 unspecified atom stereocenters. The minimum atomic E-state index is -0.270. The summed E-state index contributed by atoms with van der Waals surface area (Å²) in [6, 6.07) is 16.1. The van der Waals surface area contributed by atoms with E-state index in [-0.39, 0.29) is 11.7 Å². The summed E-state index contributed by atoms with van der Waals surface area (Å²) in [6.07, 6.45) is 4.97. The van der Waals surface area contributed by atoms with E-state index in [0.29, 0.717) is 18.2 Å². The molecule has 5 heteroatoms. The molecule has 1 aliphatic rings. The zero-order valence-corrected chi connectivity index (χ0v) is 16.3. The van der Waals surface area contributed by atoms with Gasteiger partial charge in [0.1, 0.15) is 11.5 Å². The van der Waals surface area contributed by atoms with E-state index >= 15 is 0 Å². The number of carbonyl (C=O) groups excluding carboxylic acids is 1. The van der Waals surface area contributed by atoms with Gasteiger partial charge in [-0.25, -0.2) is 4.39 Å². The second-order valence-electron chi connectivity index (χ2n) is 7.30. The molecule has 2 heterocycles. The third kappa shape index (κ3) is 4.12. The molecule has 28 heavy (non-hydrogen) atoms. The SMILES string of the molecule is O=C(c1cc(-c2ccc(F)cc2)c[nH]1)N1CCCCC(c2ccc(Cl)cc2)C1. The van der Waals surface area contributed by atoms with Crippen LogP contribution in [0.3, 0.4) is 0 Å². The second kappa shape index (κ2) is 8.19. The quantitative estimate of drug-likeness (QED) is 0.589. The maximum Gasteiger partial charge on any atom is 0.270 e. The van der Waals surface area contributed by atoms with E-state index in [1.165, 1.54) is 17.7 Å². The Morgan fingerprint density at radius 1 is 1.04 bits per heavy atom. The van der Waals surface area contributed by atoms with Crippen molar-refractivity contribution in [3.8, 4) is 11.1 Å². The van der Waals surface area contributed by atoms with Crippen LogP contribution in [-0.2, 0) is 0 Å². The maximum absolute atomic E-state index is 13.1.